The number of sulfonamides is 1. The number of nitrogens with zero attached hydrogens (tertiary/aromatic N) is 1. The SMILES string of the molecule is CC(=O)c1ccc(N(CC(=O)Nc2ccc(C)cc2C)S(C)(=O)=O)cc1. The van der Waals surface area contributed by atoms with Crippen molar-refractivity contribution in [3.8, 4) is 0 Å². The molecule has 0 heterocycles. The van der Waals surface area contributed by atoms with E-state index in [0.717, 1.165) is 21.7 Å². The van der Waals surface area contributed by atoms with Crippen LogP contribution < -0.4 is 9.62 Å². The molecule has 26 heavy (non-hydrogen) atoms. The molecule has 0 saturated heterocycles. The topological polar surface area (TPSA) is 83.6 Å². The fraction of sp³-hybridized carbons (Fsp3) is 0.263. The van der Waals surface area contributed by atoms with E-state index in [1.165, 1.54) is 31.2 Å². The summed E-state index contributed by atoms with van der Waals surface area (Å²) in [5.41, 5.74) is 3.41. The van der Waals surface area contributed by atoms with Crippen LogP contribution in [-0.2, 0) is 14.8 Å². The van der Waals surface area contributed by atoms with Gasteiger partial charge in [0, 0.05) is 11.3 Å². The summed E-state index contributed by atoms with van der Waals surface area (Å²) in [4.78, 5) is 23.7. The summed E-state index contributed by atoms with van der Waals surface area (Å²) in [7, 11) is -3.67. The molecular weight excluding hydrogens is 352 g/mol. The Labute approximate surface area is 153 Å². The van der Waals surface area contributed by atoms with Gasteiger partial charge in [-0.05, 0) is 56.7 Å². The second-order valence-corrected chi connectivity index (χ2v) is 8.15. The molecule has 0 aliphatic carbocycles. The van der Waals surface area contributed by atoms with Crippen LogP contribution in [0.2, 0.25) is 0 Å². The molecule has 0 aliphatic rings. The number of hydrogen-bond acceptors (Lipinski definition) is 4. The lowest BCUT2D eigenvalue weighted by atomic mass is 10.1. The van der Waals surface area contributed by atoms with Gasteiger partial charge in [0.1, 0.15) is 6.54 Å². The number of anilines is 2. The van der Waals surface area contributed by atoms with Crippen LogP contribution in [0.5, 0.6) is 0 Å². The average Bonchev–Trinajstić information content (AvgIpc) is 2.54. The van der Waals surface area contributed by atoms with Gasteiger partial charge in [0.2, 0.25) is 15.9 Å². The predicted molar refractivity (Wildman–Crippen MR) is 103 cm³/mol. The number of benzene rings is 2. The maximum absolute atomic E-state index is 12.4. The Morgan fingerprint density at radius 2 is 1.65 bits per heavy atom. The molecule has 7 heteroatoms. The van der Waals surface area contributed by atoms with Gasteiger partial charge in [-0.3, -0.25) is 13.9 Å². The highest BCUT2D eigenvalue weighted by molar-refractivity contribution is 7.92. The molecule has 2 aromatic carbocycles. The van der Waals surface area contributed by atoms with Crippen molar-refractivity contribution in [2.45, 2.75) is 20.8 Å². The van der Waals surface area contributed by atoms with Gasteiger partial charge >= 0.3 is 0 Å². The molecule has 1 amide bonds. The minimum atomic E-state index is -3.67. The summed E-state index contributed by atoms with van der Waals surface area (Å²) in [6.45, 7) is 4.90. The summed E-state index contributed by atoms with van der Waals surface area (Å²) >= 11 is 0. The number of ketones is 1. The zero-order chi connectivity index (χ0) is 19.5. The van der Waals surface area contributed by atoms with Crippen molar-refractivity contribution in [2.75, 3.05) is 22.4 Å². The van der Waals surface area contributed by atoms with E-state index < -0.39 is 15.9 Å². The number of rotatable bonds is 6. The third kappa shape index (κ3) is 4.92. The molecule has 2 aromatic rings. The van der Waals surface area contributed by atoms with Crippen molar-refractivity contribution in [2.24, 2.45) is 0 Å². The molecule has 6 nitrogen and oxygen atoms in total. The number of Topliss-reactive ketones (excluding diaryl/α,β-unsaturated/α-hetero) is 1. The van der Waals surface area contributed by atoms with Crippen molar-refractivity contribution in [1.29, 1.82) is 0 Å². The predicted octanol–water partition coefficient (Wildman–Crippen LogP) is 2.91. The van der Waals surface area contributed by atoms with E-state index >= 15 is 0 Å². The number of carbonyl (C=O) groups is 2. The first kappa shape index (κ1) is 19.7. The molecule has 0 spiro atoms. The molecule has 0 fully saturated rings. The number of hydrogen-bond donors (Lipinski definition) is 1. The number of aryl methyl sites for hydroxylation is 2. The van der Waals surface area contributed by atoms with Crippen LogP contribution in [0.1, 0.15) is 28.4 Å². The smallest absolute Gasteiger partial charge is 0.245 e. The highest BCUT2D eigenvalue weighted by Crippen LogP contribution is 2.20. The van der Waals surface area contributed by atoms with Gasteiger partial charge in [-0.1, -0.05) is 17.7 Å². The molecule has 138 valence electrons. The minimum Gasteiger partial charge on any atom is -0.324 e. The number of carbonyl (C=O) groups excluding carboxylic acids is 2. The van der Waals surface area contributed by atoms with Gasteiger partial charge in [-0.2, -0.15) is 0 Å². The molecule has 0 unspecified atom stereocenters. The van der Waals surface area contributed by atoms with Crippen molar-refractivity contribution >= 4 is 33.1 Å². The first-order chi connectivity index (χ1) is 12.1. The van der Waals surface area contributed by atoms with E-state index in [-0.39, 0.29) is 12.3 Å². The molecule has 0 aliphatic heterocycles. The van der Waals surface area contributed by atoms with Gasteiger partial charge < -0.3 is 5.32 Å². The Bertz CT molecular complexity index is 935. The third-order valence-electron chi connectivity index (χ3n) is 3.91. The second kappa shape index (κ2) is 7.70. The largest absolute Gasteiger partial charge is 0.324 e. The van der Waals surface area contributed by atoms with Crippen molar-refractivity contribution in [3.63, 3.8) is 0 Å². The van der Waals surface area contributed by atoms with Crippen molar-refractivity contribution < 1.29 is 18.0 Å². The Kier molecular flexibility index (Phi) is 5.82. The highest BCUT2D eigenvalue weighted by Gasteiger charge is 2.21. The average molecular weight is 374 g/mol. The fourth-order valence-electron chi connectivity index (χ4n) is 2.54. The molecule has 0 atom stereocenters. The van der Waals surface area contributed by atoms with Gasteiger partial charge in [-0.25, -0.2) is 8.42 Å². The van der Waals surface area contributed by atoms with Crippen molar-refractivity contribution in [3.05, 3.63) is 59.2 Å². The van der Waals surface area contributed by atoms with Crippen LogP contribution in [0.15, 0.2) is 42.5 Å². The highest BCUT2D eigenvalue weighted by atomic mass is 32.2. The Hall–Kier alpha value is -2.67. The molecule has 0 aromatic heterocycles. The Morgan fingerprint density at radius 3 is 2.15 bits per heavy atom. The fourth-order valence-corrected chi connectivity index (χ4v) is 3.39. The van der Waals surface area contributed by atoms with E-state index in [9.17, 15) is 18.0 Å². The molecule has 0 bridgehead atoms. The summed E-state index contributed by atoms with van der Waals surface area (Å²) in [5, 5.41) is 2.74. The molecule has 0 radical (unpaired) electrons. The van der Waals surface area contributed by atoms with E-state index in [1.807, 2.05) is 26.0 Å². The van der Waals surface area contributed by atoms with Gasteiger partial charge in [0.25, 0.3) is 0 Å². The quantitative estimate of drug-likeness (QED) is 0.788. The first-order valence-corrected chi connectivity index (χ1v) is 9.88. The number of nitrogens with one attached hydrogen (secondary N) is 1. The maximum atomic E-state index is 12.4. The van der Waals surface area contributed by atoms with Gasteiger partial charge in [-0.15, -0.1) is 0 Å². The molecule has 1 N–H and O–H groups in total. The zero-order valence-corrected chi connectivity index (χ0v) is 16.1. The van der Waals surface area contributed by atoms with Crippen LogP contribution in [0.3, 0.4) is 0 Å². The minimum absolute atomic E-state index is 0.116. The second-order valence-electron chi connectivity index (χ2n) is 6.24. The first-order valence-electron chi connectivity index (χ1n) is 8.04. The van der Waals surface area contributed by atoms with Crippen LogP contribution >= 0.6 is 0 Å². The normalized spacial score (nSPS) is 11.1. The lowest BCUT2D eigenvalue weighted by Crippen LogP contribution is -2.37. The summed E-state index contributed by atoms with van der Waals surface area (Å²) in [5.74, 6) is -0.562. The van der Waals surface area contributed by atoms with Crippen LogP contribution in [0, 0.1) is 13.8 Å². The monoisotopic (exact) mass is 374 g/mol. The Balaban J connectivity index is 2.22. The summed E-state index contributed by atoms with van der Waals surface area (Å²) in [6, 6.07) is 11.7. The van der Waals surface area contributed by atoms with Crippen LogP contribution in [-0.4, -0.2) is 32.9 Å². The molecular formula is C19H22N2O4S. The summed E-state index contributed by atoms with van der Waals surface area (Å²) < 4.78 is 25.3. The van der Waals surface area contributed by atoms with E-state index in [0.29, 0.717) is 16.9 Å². The molecule has 0 saturated carbocycles. The molecule has 2 rings (SSSR count). The maximum Gasteiger partial charge on any atom is 0.245 e. The standard InChI is InChI=1S/C19H22N2O4S/c1-13-5-10-18(14(2)11-13)20-19(23)12-21(26(4,24)25)17-8-6-16(7-9-17)15(3)22/h5-11H,12H2,1-4H3,(H,20,23). The van der Waals surface area contributed by atoms with Crippen LogP contribution in [0.25, 0.3) is 0 Å². The van der Waals surface area contributed by atoms with E-state index in [2.05, 4.69) is 5.32 Å². The Morgan fingerprint density at radius 1 is 1.04 bits per heavy atom. The van der Waals surface area contributed by atoms with Gasteiger partial charge in [0.15, 0.2) is 5.78 Å². The lowest BCUT2D eigenvalue weighted by Gasteiger charge is -2.22. The zero-order valence-electron chi connectivity index (χ0n) is 15.2. The lowest BCUT2D eigenvalue weighted by molar-refractivity contribution is -0.114. The number of amides is 1. The van der Waals surface area contributed by atoms with E-state index in [1.54, 1.807) is 6.07 Å². The van der Waals surface area contributed by atoms with Crippen LogP contribution in [0.4, 0.5) is 11.4 Å². The summed E-state index contributed by atoms with van der Waals surface area (Å²) in [6.07, 6.45) is 1.04. The van der Waals surface area contributed by atoms with Crippen molar-refractivity contribution in [1.82, 2.24) is 0 Å². The van der Waals surface area contributed by atoms with Gasteiger partial charge in [0.05, 0.1) is 11.9 Å². The van der Waals surface area contributed by atoms with E-state index in [4.69, 9.17) is 0 Å². The third-order valence-corrected chi connectivity index (χ3v) is 5.05.